The normalized spacial score (nSPS) is 21.1. The van der Waals surface area contributed by atoms with E-state index in [9.17, 15) is 19.5 Å². The van der Waals surface area contributed by atoms with Gasteiger partial charge >= 0.3 is 0 Å². The number of carbonyl (C=O) groups is 2. The van der Waals surface area contributed by atoms with E-state index in [0.717, 1.165) is 82.0 Å². The Labute approximate surface area is 353 Å². The summed E-state index contributed by atoms with van der Waals surface area (Å²) in [5.41, 5.74) is 3.90. The first kappa shape index (κ1) is 40.3. The first-order chi connectivity index (χ1) is 29.6. The number of nitrogens with one attached hydrogen (secondary N) is 3. The van der Waals surface area contributed by atoms with Crippen molar-refractivity contribution in [2.45, 2.75) is 70.1 Å². The van der Waals surface area contributed by atoms with Gasteiger partial charge in [-0.25, -0.2) is 23.7 Å². The summed E-state index contributed by atoms with van der Waals surface area (Å²) in [5, 5.41) is 20.3. The van der Waals surface area contributed by atoms with Gasteiger partial charge in [0.1, 0.15) is 22.8 Å². The lowest BCUT2D eigenvalue weighted by Gasteiger charge is -2.40. The van der Waals surface area contributed by atoms with E-state index in [1.165, 1.54) is 6.07 Å². The minimum atomic E-state index is -0.998. The number of rotatable bonds is 12. The van der Waals surface area contributed by atoms with Gasteiger partial charge in [0.2, 0.25) is 17.8 Å². The Morgan fingerprint density at radius 2 is 1.70 bits per heavy atom. The van der Waals surface area contributed by atoms with Crippen LogP contribution in [0.15, 0.2) is 78.2 Å². The predicted molar refractivity (Wildman–Crippen MR) is 233 cm³/mol. The van der Waals surface area contributed by atoms with Crippen LogP contribution in [0.2, 0.25) is 0 Å². The van der Waals surface area contributed by atoms with Crippen LogP contribution in [0.4, 0.5) is 33.1 Å². The molecule has 4 N–H and O–H groups in total. The Morgan fingerprint density at radius 3 is 2.43 bits per heavy atom. The van der Waals surface area contributed by atoms with Crippen molar-refractivity contribution in [1.29, 1.82) is 0 Å². The molecule has 3 fully saturated rings. The molecule has 9 rings (SSSR count). The molecule has 2 aromatic carbocycles. The lowest BCUT2D eigenvalue weighted by molar-refractivity contribution is -0.133. The van der Waals surface area contributed by atoms with Crippen molar-refractivity contribution in [3.05, 3.63) is 101 Å². The van der Waals surface area contributed by atoms with E-state index in [1.807, 2.05) is 31.2 Å². The summed E-state index contributed by atoms with van der Waals surface area (Å²) < 4.78 is 18.5. The Bertz CT molecular complexity index is 2520. The van der Waals surface area contributed by atoms with Crippen molar-refractivity contribution in [3.8, 4) is 5.82 Å². The number of carbonyl (C=O) groups excluding carboxylic acids is 2. The topological polar surface area (TPSA) is 166 Å². The number of fused-ring (bicyclic) bond motifs is 2. The SMILES string of the molecule is C=CCn1c(=O)c2cnc(Nc3ccc(N4CCN(CC5CCN(c6ccc(NC7CCC(=O)NC7=O)cc6F)CC5)CC4)cc3)nc2n1-c1ccc2c(n1)[C@@](O)(CC)CC2. The molecule has 0 radical (unpaired) electrons. The van der Waals surface area contributed by atoms with Gasteiger partial charge in [-0.2, -0.15) is 4.98 Å². The number of amides is 2. The summed E-state index contributed by atoms with van der Waals surface area (Å²) in [7, 11) is 0. The van der Waals surface area contributed by atoms with Gasteiger partial charge in [-0.1, -0.05) is 19.1 Å². The zero-order chi connectivity index (χ0) is 42.3. The fourth-order valence-corrected chi connectivity index (χ4v) is 9.29. The molecular formula is C45H52FN11O4. The number of benzene rings is 2. The van der Waals surface area contributed by atoms with E-state index in [2.05, 4.69) is 54.3 Å². The second kappa shape index (κ2) is 16.7. The fourth-order valence-electron chi connectivity index (χ4n) is 9.29. The van der Waals surface area contributed by atoms with Crippen molar-refractivity contribution >= 4 is 51.5 Å². The number of nitrogens with zero attached hydrogens (tertiary/aromatic N) is 8. The molecule has 2 atom stereocenters. The number of hydrogen-bond donors (Lipinski definition) is 4. The smallest absolute Gasteiger partial charge is 0.278 e. The third kappa shape index (κ3) is 8.09. The average Bonchev–Trinajstić information content (AvgIpc) is 3.75. The minimum absolute atomic E-state index is 0.247. The number of hydrogen-bond acceptors (Lipinski definition) is 12. The second-order valence-corrected chi connectivity index (χ2v) is 16.7. The van der Waals surface area contributed by atoms with Crippen molar-refractivity contribution < 1.29 is 19.1 Å². The van der Waals surface area contributed by atoms with E-state index >= 15 is 4.39 Å². The zero-order valence-corrected chi connectivity index (χ0v) is 34.4. The standard InChI is InChI=1S/C45H52FN11O4/c1-3-19-56-43(60)34-27-47-44(52-41(34)57(56)38-13-5-30-15-18-45(61,4-2)40(30)50-38)49-31-6-9-33(10-7-31)54-24-22-53(23-25-54)28-29-16-20-55(21-17-29)37-12-8-32(26-35(37)46)48-36-11-14-39(58)51-42(36)59/h3,5-10,12-13,26-27,29,36,48,61H,1,4,11,14-25,28H2,2H3,(H,47,49,52)(H,51,58,59)/t36?,45-/m1/s1. The highest BCUT2D eigenvalue weighted by Crippen LogP contribution is 2.38. The van der Waals surface area contributed by atoms with Gasteiger partial charge in [0.15, 0.2) is 11.5 Å². The summed E-state index contributed by atoms with van der Waals surface area (Å²) >= 11 is 0. The summed E-state index contributed by atoms with van der Waals surface area (Å²) in [6, 6.07) is 16.5. The molecule has 0 saturated carbocycles. The Morgan fingerprint density at radius 1 is 0.934 bits per heavy atom. The van der Waals surface area contributed by atoms with Gasteiger partial charge in [0, 0.05) is 75.5 Å². The molecule has 3 aromatic heterocycles. The number of aryl methyl sites for hydroxylation is 1. The number of aromatic nitrogens is 5. The second-order valence-electron chi connectivity index (χ2n) is 16.7. The molecule has 16 heteroatoms. The molecule has 0 spiro atoms. The number of imide groups is 1. The third-order valence-corrected chi connectivity index (χ3v) is 12.9. The van der Waals surface area contributed by atoms with Crippen LogP contribution in [0.5, 0.6) is 0 Å². The molecule has 3 aliphatic heterocycles. The fraction of sp³-hybridized carbons (Fsp3) is 0.422. The summed E-state index contributed by atoms with van der Waals surface area (Å²) in [6.45, 7) is 12.4. The van der Waals surface area contributed by atoms with Crippen LogP contribution in [-0.2, 0) is 28.2 Å². The van der Waals surface area contributed by atoms with E-state index in [0.29, 0.717) is 65.0 Å². The predicted octanol–water partition coefficient (Wildman–Crippen LogP) is 4.85. The first-order valence-corrected chi connectivity index (χ1v) is 21.4. The van der Waals surface area contributed by atoms with Crippen molar-refractivity contribution in [1.82, 2.24) is 34.5 Å². The number of piperazine rings is 1. The highest BCUT2D eigenvalue weighted by atomic mass is 19.1. The highest BCUT2D eigenvalue weighted by molar-refractivity contribution is 6.01. The van der Waals surface area contributed by atoms with Crippen LogP contribution in [0.1, 0.15) is 56.7 Å². The van der Waals surface area contributed by atoms with Gasteiger partial charge < -0.3 is 25.5 Å². The number of pyridine rings is 1. The van der Waals surface area contributed by atoms with Crippen molar-refractivity contribution in [2.24, 2.45) is 5.92 Å². The lowest BCUT2D eigenvalue weighted by atomic mass is 9.95. The Kier molecular flexibility index (Phi) is 11.0. The average molecular weight is 830 g/mol. The molecule has 4 aliphatic rings. The van der Waals surface area contributed by atoms with Crippen LogP contribution in [0.3, 0.4) is 0 Å². The largest absolute Gasteiger partial charge is 0.384 e. The summed E-state index contributed by atoms with van der Waals surface area (Å²) in [5.74, 6) is 0.424. The van der Waals surface area contributed by atoms with Crippen LogP contribution in [-0.4, -0.2) is 98.0 Å². The van der Waals surface area contributed by atoms with Gasteiger partial charge in [-0.3, -0.25) is 24.6 Å². The molecule has 0 bridgehead atoms. The number of anilines is 5. The number of halogens is 1. The van der Waals surface area contributed by atoms with E-state index in [4.69, 9.17) is 9.97 Å². The van der Waals surface area contributed by atoms with E-state index in [-0.39, 0.29) is 36.2 Å². The first-order valence-electron chi connectivity index (χ1n) is 21.4. The number of piperidine rings is 2. The highest BCUT2D eigenvalue weighted by Gasteiger charge is 2.37. The third-order valence-electron chi connectivity index (χ3n) is 12.9. The molecule has 318 valence electrons. The summed E-state index contributed by atoms with van der Waals surface area (Å²) in [6.07, 6.45) is 7.77. The molecule has 1 aliphatic carbocycles. The zero-order valence-electron chi connectivity index (χ0n) is 34.4. The molecular weight excluding hydrogens is 778 g/mol. The lowest BCUT2D eigenvalue weighted by Crippen LogP contribution is -2.49. The quantitative estimate of drug-likeness (QED) is 0.100. The summed E-state index contributed by atoms with van der Waals surface area (Å²) in [4.78, 5) is 58.3. The van der Waals surface area contributed by atoms with Crippen molar-refractivity contribution in [3.63, 3.8) is 0 Å². The van der Waals surface area contributed by atoms with Gasteiger partial charge in [0.05, 0.1) is 17.9 Å². The molecule has 1 unspecified atom stereocenters. The molecule has 5 aromatic rings. The van der Waals surface area contributed by atoms with Gasteiger partial charge in [0.25, 0.3) is 5.56 Å². The Balaban J connectivity index is 0.785. The Hall–Kier alpha value is -6.13. The maximum atomic E-state index is 15.2. The van der Waals surface area contributed by atoms with Gasteiger partial charge in [-0.05, 0) is 98.5 Å². The molecule has 15 nitrogen and oxygen atoms in total. The van der Waals surface area contributed by atoms with Crippen LogP contribution >= 0.6 is 0 Å². The van der Waals surface area contributed by atoms with Crippen molar-refractivity contribution in [2.75, 3.05) is 66.2 Å². The monoisotopic (exact) mass is 829 g/mol. The molecule has 3 saturated heterocycles. The molecule has 2 amide bonds. The maximum absolute atomic E-state index is 15.2. The maximum Gasteiger partial charge on any atom is 0.278 e. The number of allylic oxidation sites excluding steroid dienone is 1. The van der Waals surface area contributed by atoms with Crippen LogP contribution < -0.4 is 31.3 Å². The van der Waals surface area contributed by atoms with E-state index < -0.39 is 11.6 Å². The molecule has 61 heavy (non-hydrogen) atoms. The van der Waals surface area contributed by atoms with Gasteiger partial charge in [-0.15, -0.1) is 6.58 Å². The molecule has 6 heterocycles. The van der Waals surface area contributed by atoms with E-state index in [1.54, 1.807) is 33.8 Å². The van der Waals surface area contributed by atoms with Crippen LogP contribution in [0.25, 0.3) is 16.9 Å². The minimum Gasteiger partial charge on any atom is -0.384 e. The van der Waals surface area contributed by atoms with Crippen LogP contribution in [0, 0.1) is 11.7 Å². The number of aliphatic hydroxyl groups is 1.